The molecule has 0 aromatic carbocycles. The van der Waals surface area contributed by atoms with Crippen molar-refractivity contribution in [2.75, 3.05) is 5.75 Å². The topological polar surface area (TPSA) is 52.1 Å². The van der Waals surface area contributed by atoms with Crippen LogP contribution in [-0.2, 0) is 9.53 Å². The molecule has 0 aliphatic heterocycles. The van der Waals surface area contributed by atoms with Gasteiger partial charge in [0.1, 0.15) is 10.3 Å². The molecule has 0 spiro atoms. The molecule has 0 bridgehead atoms. The zero-order valence-electron chi connectivity index (χ0n) is 9.54. The van der Waals surface area contributed by atoms with Crippen LogP contribution in [0.1, 0.15) is 13.8 Å². The standard InChI is InChI=1S/C11H12N2O2S2/c1-7(2)15-9(14)6-16-11-13-8-4-3-5-12-10(8)17-11/h3-5,7H,6H2,1-2H3. The molecule has 17 heavy (non-hydrogen) atoms. The molecule has 0 aliphatic rings. The zero-order valence-corrected chi connectivity index (χ0v) is 11.2. The van der Waals surface area contributed by atoms with Crippen molar-refractivity contribution in [3.63, 3.8) is 0 Å². The van der Waals surface area contributed by atoms with Gasteiger partial charge in [-0.25, -0.2) is 9.97 Å². The van der Waals surface area contributed by atoms with Crippen molar-refractivity contribution in [3.8, 4) is 0 Å². The van der Waals surface area contributed by atoms with Crippen LogP contribution in [0, 0.1) is 0 Å². The third-order valence-corrected chi connectivity index (χ3v) is 3.92. The average Bonchev–Trinajstić information content (AvgIpc) is 2.68. The van der Waals surface area contributed by atoms with Crippen LogP contribution in [0.15, 0.2) is 22.7 Å². The van der Waals surface area contributed by atoms with E-state index in [0.29, 0.717) is 0 Å². The number of nitrogens with zero attached hydrogens (tertiary/aromatic N) is 2. The van der Waals surface area contributed by atoms with E-state index in [1.165, 1.54) is 23.1 Å². The summed E-state index contributed by atoms with van der Waals surface area (Å²) in [6.45, 7) is 3.67. The Labute approximate surface area is 107 Å². The van der Waals surface area contributed by atoms with Gasteiger partial charge >= 0.3 is 5.97 Å². The van der Waals surface area contributed by atoms with Gasteiger partial charge in [0.15, 0.2) is 4.34 Å². The Bertz CT molecular complexity index is 492. The van der Waals surface area contributed by atoms with E-state index >= 15 is 0 Å². The lowest BCUT2D eigenvalue weighted by Crippen LogP contribution is -2.13. The minimum Gasteiger partial charge on any atom is -0.462 e. The van der Waals surface area contributed by atoms with E-state index in [4.69, 9.17) is 4.74 Å². The van der Waals surface area contributed by atoms with Gasteiger partial charge in [-0.3, -0.25) is 4.79 Å². The first-order chi connectivity index (χ1) is 8.15. The summed E-state index contributed by atoms with van der Waals surface area (Å²) in [6, 6.07) is 3.76. The van der Waals surface area contributed by atoms with Crippen molar-refractivity contribution in [3.05, 3.63) is 18.3 Å². The minimum absolute atomic E-state index is 0.0693. The maximum Gasteiger partial charge on any atom is 0.316 e. The number of esters is 1. The zero-order chi connectivity index (χ0) is 12.3. The maximum absolute atomic E-state index is 11.4. The number of hydrogen-bond acceptors (Lipinski definition) is 6. The predicted octanol–water partition coefficient (Wildman–Crippen LogP) is 2.74. The summed E-state index contributed by atoms with van der Waals surface area (Å²) in [5.74, 6) is 0.0788. The lowest BCUT2D eigenvalue weighted by Gasteiger charge is -2.05. The molecule has 4 nitrogen and oxygen atoms in total. The Morgan fingerprint density at radius 3 is 3.12 bits per heavy atom. The number of thioether (sulfide) groups is 1. The molecule has 0 saturated carbocycles. The van der Waals surface area contributed by atoms with Crippen LogP contribution in [0.3, 0.4) is 0 Å². The number of carbonyl (C=O) groups excluding carboxylic acids is 1. The van der Waals surface area contributed by atoms with Gasteiger partial charge < -0.3 is 4.74 Å². The summed E-state index contributed by atoms with van der Waals surface area (Å²) < 4.78 is 5.89. The molecule has 0 N–H and O–H groups in total. The number of ether oxygens (including phenoxy) is 1. The van der Waals surface area contributed by atoms with Crippen molar-refractivity contribution in [2.24, 2.45) is 0 Å². The largest absolute Gasteiger partial charge is 0.462 e. The second-order valence-electron chi connectivity index (χ2n) is 3.63. The molecule has 2 aromatic heterocycles. The third kappa shape index (κ3) is 3.41. The Morgan fingerprint density at radius 1 is 1.59 bits per heavy atom. The average molecular weight is 268 g/mol. The second-order valence-corrected chi connectivity index (χ2v) is 5.83. The van der Waals surface area contributed by atoms with Crippen molar-refractivity contribution in [2.45, 2.75) is 24.3 Å². The van der Waals surface area contributed by atoms with Gasteiger partial charge in [0, 0.05) is 6.20 Å². The van der Waals surface area contributed by atoms with Gasteiger partial charge in [-0.1, -0.05) is 23.1 Å². The highest BCUT2D eigenvalue weighted by Gasteiger charge is 2.09. The van der Waals surface area contributed by atoms with E-state index in [9.17, 15) is 4.79 Å². The van der Waals surface area contributed by atoms with Crippen LogP contribution in [-0.4, -0.2) is 27.8 Å². The SMILES string of the molecule is CC(C)OC(=O)CSc1nc2cccnc2s1. The Balaban J connectivity index is 1.97. The quantitative estimate of drug-likeness (QED) is 0.630. The van der Waals surface area contributed by atoms with Gasteiger partial charge in [0.25, 0.3) is 0 Å². The molecule has 6 heteroatoms. The fourth-order valence-electron chi connectivity index (χ4n) is 1.23. The molecule has 0 radical (unpaired) electrons. The van der Waals surface area contributed by atoms with Crippen molar-refractivity contribution in [1.29, 1.82) is 0 Å². The molecular weight excluding hydrogens is 256 g/mol. The number of pyridine rings is 1. The van der Waals surface area contributed by atoms with Crippen LogP contribution in [0.4, 0.5) is 0 Å². The number of carbonyl (C=O) groups is 1. The summed E-state index contributed by atoms with van der Waals surface area (Å²) in [5.41, 5.74) is 0.872. The highest BCUT2D eigenvalue weighted by Crippen LogP contribution is 2.27. The second kappa shape index (κ2) is 5.46. The minimum atomic E-state index is -0.211. The Kier molecular flexibility index (Phi) is 3.96. The van der Waals surface area contributed by atoms with Crippen LogP contribution >= 0.6 is 23.1 Å². The molecule has 90 valence electrons. The van der Waals surface area contributed by atoms with Gasteiger partial charge in [0.2, 0.25) is 0 Å². The maximum atomic E-state index is 11.4. The van der Waals surface area contributed by atoms with Crippen LogP contribution in [0.2, 0.25) is 0 Å². The molecular formula is C11H12N2O2S2. The number of aromatic nitrogens is 2. The van der Waals surface area contributed by atoms with Gasteiger partial charge in [-0.05, 0) is 26.0 Å². The summed E-state index contributed by atoms with van der Waals surface area (Å²) in [5, 5.41) is 0. The lowest BCUT2D eigenvalue weighted by molar-refractivity contribution is -0.144. The molecule has 0 unspecified atom stereocenters. The summed E-state index contributed by atoms with van der Waals surface area (Å²) in [6.07, 6.45) is 1.67. The van der Waals surface area contributed by atoms with Crippen LogP contribution < -0.4 is 0 Å². The fraction of sp³-hybridized carbons (Fsp3) is 0.364. The molecule has 0 amide bonds. The smallest absolute Gasteiger partial charge is 0.316 e. The van der Waals surface area contributed by atoms with E-state index in [0.717, 1.165) is 14.7 Å². The van der Waals surface area contributed by atoms with Gasteiger partial charge in [-0.15, -0.1) is 0 Å². The van der Waals surface area contributed by atoms with Crippen LogP contribution in [0.25, 0.3) is 10.3 Å². The Hall–Kier alpha value is -1.14. The monoisotopic (exact) mass is 268 g/mol. The van der Waals surface area contributed by atoms with E-state index in [2.05, 4.69) is 9.97 Å². The van der Waals surface area contributed by atoms with Gasteiger partial charge in [0.05, 0.1) is 11.9 Å². The van der Waals surface area contributed by atoms with Crippen molar-refractivity contribution >= 4 is 39.4 Å². The fourth-order valence-corrected chi connectivity index (χ4v) is 2.99. The van der Waals surface area contributed by atoms with Crippen LogP contribution in [0.5, 0.6) is 0 Å². The molecule has 2 aromatic rings. The van der Waals surface area contributed by atoms with Gasteiger partial charge in [-0.2, -0.15) is 0 Å². The molecule has 0 fully saturated rings. The van der Waals surface area contributed by atoms with Crippen molar-refractivity contribution < 1.29 is 9.53 Å². The summed E-state index contributed by atoms with van der Waals surface area (Å²) in [7, 11) is 0. The molecule has 2 heterocycles. The van der Waals surface area contributed by atoms with E-state index in [1.54, 1.807) is 6.20 Å². The Morgan fingerprint density at radius 2 is 2.41 bits per heavy atom. The predicted molar refractivity (Wildman–Crippen MR) is 69.4 cm³/mol. The van der Waals surface area contributed by atoms with E-state index in [-0.39, 0.29) is 17.8 Å². The van der Waals surface area contributed by atoms with E-state index < -0.39 is 0 Å². The highest BCUT2D eigenvalue weighted by molar-refractivity contribution is 8.01. The first-order valence-electron chi connectivity index (χ1n) is 5.19. The normalized spacial score (nSPS) is 11.0. The lowest BCUT2D eigenvalue weighted by atomic mass is 10.5. The number of thiazole rings is 1. The van der Waals surface area contributed by atoms with E-state index in [1.807, 2.05) is 26.0 Å². The highest BCUT2D eigenvalue weighted by atomic mass is 32.2. The number of rotatable bonds is 4. The summed E-state index contributed by atoms with van der Waals surface area (Å²) in [4.78, 5) is 20.8. The molecule has 0 saturated heterocycles. The summed E-state index contributed by atoms with van der Waals surface area (Å²) >= 11 is 2.88. The first kappa shape index (κ1) is 12.3. The molecule has 2 rings (SSSR count). The first-order valence-corrected chi connectivity index (χ1v) is 6.99. The third-order valence-electron chi connectivity index (χ3n) is 1.83. The molecule has 0 atom stereocenters. The number of fused-ring (bicyclic) bond motifs is 1. The van der Waals surface area contributed by atoms with Crippen molar-refractivity contribution in [1.82, 2.24) is 9.97 Å². The number of hydrogen-bond donors (Lipinski definition) is 0. The molecule has 0 aliphatic carbocycles.